The normalized spacial score (nSPS) is 38.7. The molecule has 3 aliphatic heterocycles. The Bertz CT molecular complexity index is 1920. The Morgan fingerprint density at radius 1 is 0.886 bits per heavy atom. The number of carbonyl (C=O) groups is 5. The van der Waals surface area contributed by atoms with Crippen LogP contribution in [0.1, 0.15) is 132 Å². The van der Waals surface area contributed by atoms with Gasteiger partial charge in [-0.15, -0.1) is 0 Å². The zero-order valence-corrected chi connectivity index (χ0v) is 43.8. The summed E-state index contributed by atoms with van der Waals surface area (Å²) in [6.45, 7) is 18.9. The summed E-state index contributed by atoms with van der Waals surface area (Å²) in [5, 5.41) is 33.4. The summed E-state index contributed by atoms with van der Waals surface area (Å²) in [5.41, 5.74) is 2.15. The molecule has 15 nitrogen and oxygen atoms in total. The first-order valence-electron chi connectivity index (χ1n) is 25.6. The summed E-state index contributed by atoms with van der Waals surface area (Å²) in [6.07, 6.45) is 10.8. The Balaban J connectivity index is 1.70. The van der Waals surface area contributed by atoms with Crippen LogP contribution in [0.5, 0.6) is 0 Å². The minimum atomic E-state index is -2.44. The van der Waals surface area contributed by atoms with Crippen molar-refractivity contribution in [3.63, 3.8) is 0 Å². The van der Waals surface area contributed by atoms with E-state index in [4.69, 9.17) is 28.4 Å². The number of piperidine rings is 1. The van der Waals surface area contributed by atoms with Crippen molar-refractivity contribution in [2.75, 3.05) is 27.9 Å². The number of cyclic esters (lactones) is 1. The van der Waals surface area contributed by atoms with Crippen LogP contribution in [0.2, 0.25) is 0 Å². The van der Waals surface area contributed by atoms with E-state index in [9.17, 15) is 39.3 Å². The molecule has 1 amide bonds. The number of ether oxygens (including phenoxy) is 6. The number of ketones is 2. The summed E-state index contributed by atoms with van der Waals surface area (Å²) < 4.78 is 35.5. The predicted molar refractivity (Wildman–Crippen MR) is 265 cm³/mol. The lowest BCUT2D eigenvalue weighted by molar-refractivity contribution is -0.265. The second kappa shape index (κ2) is 27.3. The van der Waals surface area contributed by atoms with Crippen LogP contribution >= 0.6 is 0 Å². The van der Waals surface area contributed by atoms with Crippen LogP contribution in [0.4, 0.5) is 0 Å². The first kappa shape index (κ1) is 58.7. The highest BCUT2D eigenvalue weighted by molar-refractivity contribution is 6.39. The van der Waals surface area contributed by atoms with Gasteiger partial charge in [0.05, 0.1) is 18.3 Å². The Labute approximate surface area is 417 Å². The molecule has 3 fully saturated rings. The maximum atomic E-state index is 14.5. The fourth-order valence-electron chi connectivity index (χ4n) is 10.6. The molecule has 1 unspecified atom stereocenters. The summed E-state index contributed by atoms with van der Waals surface area (Å²) in [7, 11) is 4.65. The number of hydrogen-bond donors (Lipinski definition) is 3. The molecule has 1 saturated carbocycles. The lowest BCUT2D eigenvalue weighted by atomic mass is 9.78. The monoisotopic (exact) mass is 984 g/mol. The third-order valence-electron chi connectivity index (χ3n) is 15.3. The molecule has 3 heterocycles. The number of carbonyl (C=O) groups excluding carboxylic acids is 5. The molecule has 15 heteroatoms. The van der Waals surface area contributed by atoms with Gasteiger partial charge >= 0.3 is 11.9 Å². The first-order valence-corrected chi connectivity index (χ1v) is 25.6. The molecule has 3 N–H and O–H groups in total. The van der Waals surface area contributed by atoms with E-state index in [-0.39, 0.29) is 48.8 Å². The van der Waals surface area contributed by atoms with Gasteiger partial charge in [-0.3, -0.25) is 14.4 Å². The second-order valence-corrected chi connectivity index (χ2v) is 20.8. The summed E-state index contributed by atoms with van der Waals surface area (Å²) in [4.78, 5) is 70.9. The standard InChI is InChI=1S/C55H85NO14/c1-32-18-14-13-15-19-33(2)46(65-10)30-42-23-21-38(7)55(64,70-42)51(60)52(61)56-25-17-16-20-43(56)54(63)69-47(36(5)28-41-22-24-45(48(29-41)66-11)68-53(62)40(9)57)31-44(58)35(4)27-37(6)49(59)50(67-12)39(8)34(3)26-32/h13-15,18-19,27,32,34-36,38,40-43,45-50,57,59,64H,8,16-17,20-26,28-31H2,1-7,9-12H3/b15-13+,18-14+,33-19+,37-27+/t32-,34-,35-,36-,38-,40?,41+,42+,43+,45-,46+,47+,48-,49-,50+,55-/m1/s1. The maximum absolute atomic E-state index is 14.5. The van der Waals surface area contributed by atoms with Crippen LogP contribution in [0.3, 0.4) is 0 Å². The lowest BCUT2D eigenvalue weighted by Crippen LogP contribution is -2.61. The zero-order valence-electron chi connectivity index (χ0n) is 43.8. The number of amides is 1. The van der Waals surface area contributed by atoms with Gasteiger partial charge in [0.25, 0.3) is 11.7 Å². The SMILES string of the molecule is C=C1[C@H](C)C[C@H](C)/C=C/C=C/C=C(\C)[C@@H](OC)C[C@@H]2CC[C@@H](C)[C@@](O)(O2)C(=O)C(=O)N2CCCC[C@H]2C(=O)O[C@H]([C@H](C)C[C@@H]2CC[C@@H](OC(=O)C(C)O)[C@H](OC)C2)CC(=O)[C@H](C)/C=C(\C)[C@@H](O)[C@H]1OC. The highest BCUT2D eigenvalue weighted by atomic mass is 16.6. The molecule has 2 bridgehead atoms. The van der Waals surface area contributed by atoms with Gasteiger partial charge in [-0.05, 0) is 125 Å². The zero-order chi connectivity index (χ0) is 52.0. The van der Waals surface area contributed by atoms with E-state index in [1.54, 1.807) is 34.0 Å². The predicted octanol–water partition coefficient (Wildman–Crippen LogP) is 7.10. The van der Waals surface area contributed by atoms with Gasteiger partial charge in [-0.25, -0.2) is 9.59 Å². The number of aliphatic hydroxyl groups excluding tert-OH is 2. The third-order valence-corrected chi connectivity index (χ3v) is 15.3. The lowest BCUT2D eigenvalue weighted by Gasteiger charge is -2.42. The molecule has 0 aromatic rings. The molecular formula is C55H85NO14. The molecule has 70 heavy (non-hydrogen) atoms. The number of nitrogens with zero attached hydrogens (tertiary/aromatic N) is 1. The van der Waals surface area contributed by atoms with E-state index in [0.717, 1.165) is 17.6 Å². The number of esters is 2. The molecule has 0 aromatic heterocycles. The highest BCUT2D eigenvalue weighted by Gasteiger charge is 2.53. The van der Waals surface area contributed by atoms with Crippen molar-refractivity contribution in [3.8, 4) is 0 Å². The molecule has 0 radical (unpaired) electrons. The Hall–Kier alpha value is -3.83. The topological polar surface area (TPSA) is 205 Å². The van der Waals surface area contributed by atoms with E-state index >= 15 is 0 Å². The number of allylic oxidation sites excluding steroid dienone is 6. The summed E-state index contributed by atoms with van der Waals surface area (Å²) >= 11 is 0. The smallest absolute Gasteiger partial charge is 0.335 e. The van der Waals surface area contributed by atoms with Gasteiger partial charge < -0.3 is 48.6 Å². The van der Waals surface area contributed by atoms with Crippen LogP contribution in [0.15, 0.2) is 59.8 Å². The molecule has 1 aliphatic carbocycles. The minimum Gasteiger partial charge on any atom is -0.460 e. The molecule has 4 rings (SSSR count). The van der Waals surface area contributed by atoms with Gasteiger partial charge in [-0.1, -0.05) is 77.7 Å². The van der Waals surface area contributed by atoms with Gasteiger partial charge in [0.2, 0.25) is 5.79 Å². The molecule has 4 aliphatic rings. The Morgan fingerprint density at radius 3 is 2.26 bits per heavy atom. The number of hydrogen-bond acceptors (Lipinski definition) is 14. The van der Waals surface area contributed by atoms with Crippen molar-refractivity contribution in [3.05, 3.63) is 59.8 Å². The average Bonchev–Trinajstić information content (AvgIpc) is 3.33. The van der Waals surface area contributed by atoms with Crippen LogP contribution in [-0.4, -0.2) is 138 Å². The summed E-state index contributed by atoms with van der Waals surface area (Å²) in [5.74, 6) is -7.98. The van der Waals surface area contributed by atoms with Crippen LogP contribution in [0.25, 0.3) is 0 Å². The van der Waals surface area contributed by atoms with E-state index in [2.05, 4.69) is 26.5 Å². The number of methoxy groups -OCH3 is 3. The fourth-order valence-corrected chi connectivity index (χ4v) is 10.6. The average molecular weight is 984 g/mol. The molecule has 2 saturated heterocycles. The van der Waals surface area contributed by atoms with Gasteiger partial charge in [0.15, 0.2) is 0 Å². The van der Waals surface area contributed by atoms with Crippen molar-refractivity contribution in [2.24, 2.45) is 35.5 Å². The number of rotatable bonds is 8. The molecule has 0 aromatic carbocycles. The number of Topliss-reactive ketones (excluding diaryl/α,β-unsaturated/α-hetero) is 2. The van der Waals surface area contributed by atoms with E-state index < -0.39 is 96.1 Å². The Morgan fingerprint density at radius 2 is 1.60 bits per heavy atom. The van der Waals surface area contributed by atoms with Crippen molar-refractivity contribution in [2.45, 2.75) is 193 Å². The van der Waals surface area contributed by atoms with Crippen molar-refractivity contribution >= 4 is 29.4 Å². The van der Waals surface area contributed by atoms with Crippen molar-refractivity contribution in [1.29, 1.82) is 0 Å². The van der Waals surface area contributed by atoms with E-state index in [1.807, 2.05) is 38.2 Å². The fraction of sp³-hybridized carbons (Fsp3) is 0.727. The van der Waals surface area contributed by atoms with Crippen molar-refractivity contribution < 1.29 is 67.7 Å². The summed E-state index contributed by atoms with van der Waals surface area (Å²) in [6, 6.07) is -1.16. The number of fused-ring (bicyclic) bond motifs is 3. The van der Waals surface area contributed by atoms with Gasteiger partial charge in [0, 0.05) is 52.6 Å². The maximum Gasteiger partial charge on any atom is 0.335 e. The van der Waals surface area contributed by atoms with E-state index in [1.165, 1.54) is 26.0 Å². The van der Waals surface area contributed by atoms with Crippen LogP contribution in [-0.2, 0) is 52.4 Å². The van der Waals surface area contributed by atoms with Gasteiger partial charge in [0.1, 0.15) is 42.3 Å². The number of aliphatic hydroxyl groups is 3. The van der Waals surface area contributed by atoms with Crippen LogP contribution < -0.4 is 0 Å². The first-order chi connectivity index (χ1) is 33.1. The second-order valence-electron chi connectivity index (χ2n) is 20.8. The third kappa shape index (κ3) is 15.6. The van der Waals surface area contributed by atoms with Crippen molar-refractivity contribution in [1.82, 2.24) is 4.90 Å². The molecule has 16 atom stereocenters. The highest BCUT2D eigenvalue weighted by Crippen LogP contribution is 2.38. The molecule has 0 spiro atoms. The van der Waals surface area contributed by atoms with Crippen LogP contribution in [0, 0.1) is 35.5 Å². The van der Waals surface area contributed by atoms with Gasteiger partial charge in [-0.2, -0.15) is 0 Å². The molecule has 394 valence electrons. The molecular weight excluding hydrogens is 899 g/mol. The van der Waals surface area contributed by atoms with E-state index in [0.29, 0.717) is 63.4 Å². The minimum absolute atomic E-state index is 0.0190. The quantitative estimate of drug-likeness (QED) is 0.126. The largest absolute Gasteiger partial charge is 0.460 e. The Kier molecular flexibility index (Phi) is 22.9.